The molecule has 4 aliphatic carbocycles. The molecule has 0 amide bonds. The lowest BCUT2D eigenvalue weighted by Gasteiger charge is -2.31. The van der Waals surface area contributed by atoms with Gasteiger partial charge in [-0.2, -0.15) is 0 Å². The van der Waals surface area contributed by atoms with Gasteiger partial charge in [0.05, 0.1) is 0 Å². The minimum Gasteiger partial charge on any atom is -0.372 e. The van der Waals surface area contributed by atoms with Crippen molar-refractivity contribution in [3.05, 3.63) is 214 Å². The maximum Gasteiger partial charge on any atom is 0.0372 e. The lowest BCUT2D eigenvalue weighted by Crippen LogP contribution is -2.29. The van der Waals surface area contributed by atoms with Crippen LogP contribution in [-0.2, 0) is 36.5 Å². The highest BCUT2D eigenvalue weighted by molar-refractivity contribution is 6.22. The van der Waals surface area contributed by atoms with Gasteiger partial charge in [-0.05, 0) is 211 Å². The first kappa shape index (κ1) is 39.1. The fraction of sp³-hybridized carbons (Fsp3) is 0.242. The van der Waals surface area contributed by atoms with Crippen LogP contribution >= 0.6 is 0 Å². The summed E-state index contributed by atoms with van der Waals surface area (Å²) in [5, 5.41) is 5.45. The predicted octanol–water partition coefficient (Wildman–Crippen LogP) is 15.4. The highest BCUT2D eigenvalue weighted by Gasteiger charge is 2.48. The molecule has 9 aromatic rings. The zero-order chi connectivity index (χ0) is 44.6. The highest BCUT2D eigenvalue weighted by atomic mass is 15.1. The van der Waals surface area contributed by atoms with Gasteiger partial charge < -0.3 is 9.80 Å². The summed E-state index contributed by atoms with van der Waals surface area (Å²) < 4.78 is 0. The van der Waals surface area contributed by atoms with E-state index in [2.05, 4.69) is 180 Å². The fourth-order valence-electron chi connectivity index (χ4n) is 14.7. The first-order chi connectivity index (χ1) is 33.6. The summed E-state index contributed by atoms with van der Waals surface area (Å²) in [6, 6.07) is 67.5. The van der Waals surface area contributed by atoms with E-state index in [1.807, 2.05) is 0 Å². The Kier molecular flexibility index (Phi) is 8.52. The molecule has 0 N–H and O–H groups in total. The maximum atomic E-state index is 2.66. The Morgan fingerprint density at radius 3 is 1.07 bits per heavy atom. The van der Waals surface area contributed by atoms with Gasteiger partial charge in [0.15, 0.2) is 0 Å². The van der Waals surface area contributed by atoms with Crippen LogP contribution in [0.25, 0.3) is 66.1 Å². The summed E-state index contributed by atoms with van der Waals surface area (Å²) in [5.41, 5.74) is 25.6. The zero-order valence-corrected chi connectivity index (χ0v) is 39.0. The largest absolute Gasteiger partial charge is 0.372 e. The van der Waals surface area contributed by atoms with Gasteiger partial charge in [0.25, 0.3) is 0 Å². The Morgan fingerprint density at radius 1 is 0.294 bits per heavy atom. The van der Waals surface area contributed by atoms with Crippen LogP contribution in [0.4, 0.5) is 11.4 Å². The van der Waals surface area contributed by atoms with Crippen LogP contribution in [0.2, 0.25) is 0 Å². The third-order valence-electron chi connectivity index (χ3n) is 17.8. The SMILES string of the molecule is c1ccc2c(c1)CC1(C2)c2ccccc2-c2ccc(-c3c4ccc(N5CCCCC5)cc4c(-c4ccc5c(c4)C4(Cc6ccccc6C4)c4ccccc4-5)c4ccc(N5CCCCC5)cc34)cc21. The van der Waals surface area contributed by atoms with Crippen molar-refractivity contribution in [2.45, 2.75) is 75.0 Å². The van der Waals surface area contributed by atoms with E-state index in [1.54, 1.807) is 0 Å². The molecule has 6 aliphatic rings. The summed E-state index contributed by atoms with van der Waals surface area (Å²) in [4.78, 5) is 5.32. The van der Waals surface area contributed by atoms with Crippen molar-refractivity contribution < 1.29 is 0 Å². The van der Waals surface area contributed by atoms with Crippen LogP contribution in [0.15, 0.2) is 170 Å². The number of nitrogens with zero attached hydrogens (tertiary/aromatic N) is 2. The van der Waals surface area contributed by atoms with Crippen LogP contribution in [0, 0.1) is 0 Å². The van der Waals surface area contributed by atoms with E-state index >= 15 is 0 Å². The Morgan fingerprint density at radius 2 is 0.662 bits per heavy atom. The van der Waals surface area contributed by atoms with Crippen LogP contribution in [-0.4, -0.2) is 26.2 Å². The average Bonchev–Trinajstić information content (AvgIpc) is 4.14. The van der Waals surface area contributed by atoms with Gasteiger partial charge in [-0.1, -0.05) is 133 Å². The molecule has 0 saturated carbocycles. The van der Waals surface area contributed by atoms with E-state index in [9.17, 15) is 0 Å². The van der Waals surface area contributed by atoms with E-state index in [-0.39, 0.29) is 10.8 Å². The minimum atomic E-state index is -0.0740. The quantitative estimate of drug-likeness (QED) is 0.163. The molecule has 68 heavy (non-hydrogen) atoms. The fourth-order valence-corrected chi connectivity index (χ4v) is 14.7. The molecule has 2 fully saturated rings. The molecule has 2 nitrogen and oxygen atoms in total. The van der Waals surface area contributed by atoms with Gasteiger partial charge in [0.1, 0.15) is 0 Å². The van der Waals surface area contributed by atoms with E-state index in [1.165, 1.54) is 160 Å². The van der Waals surface area contributed by atoms with Crippen LogP contribution < -0.4 is 9.80 Å². The van der Waals surface area contributed by atoms with Gasteiger partial charge in [-0.25, -0.2) is 0 Å². The monoisotopic (exact) mass is 876 g/mol. The second kappa shape index (κ2) is 14.8. The molecule has 2 spiro atoms. The molecule has 2 saturated heterocycles. The zero-order valence-electron chi connectivity index (χ0n) is 39.0. The van der Waals surface area contributed by atoms with Gasteiger partial charge in [-0.15, -0.1) is 0 Å². The first-order valence-electron chi connectivity index (χ1n) is 25.8. The third-order valence-corrected chi connectivity index (χ3v) is 17.8. The van der Waals surface area contributed by atoms with E-state index in [0.29, 0.717) is 0 Å². The summed E-state index contributed by atoms with van der Waals surface area (Å²) in [6.07, 6.45) is 11.8. The highest BCUT2D eigenvalue weighted by Crippen LogP contribution is 2.59. The Balaban J connectivity index is 0.999. The number of benzene rings is 9. The molecule has 9 aromatic carbocycles. The van der Waals surface area contributed by atoms with Gasteiger partial charge in [0, 0.05) is 48.4 Å². The molecule has 0 bridgehead atoms. The van der Waals surface area contributed by atoms with E-state index in [0.717, 1.165) is 51.9 Å². The Labute approximate surface area is 400 Å². The Hall–Kier alpha value is -6.90. The van der Waals surface area contributed by atoms with Crippen molar-refractivity contribution in [3.63, 3.8) is 0 Å². The van der Waals surface area contributed by atoms with Crippen LogP contribution in [0.1, 0.15) is 83.0 Å². The number of rotatable bonds is 4. The molecule has 0 unspecified atom stereocenters. The standard InChI is InChI=1S/C66H56N2/c1-11-31-67(32-12-1)49-25-29-55-57(37-49)63(43-23-27-53-51-19-7-9-21-59(51)65(61(53)35-43)39-45-15-3-4-16-46(45)40-65)56-30-26-50(68-33-13-2-14-34-68)38-58(56)64(55)44-24-28-54-52-20-8-10-22-60(52)66(62(54)36-44)41-47-17-5-6-18-48(47)42-66/h3-10,15-30,35-38H,1-2,11-14,31-34,39-42H2. The maximum absolute atomic E-state index is 2.66. The minimum absolute atomic E-state index is 0.0740. The molecular weight excluding hydrogens is 821 g/mol. The average molecular weight is 877 g/mol. The molecule has 330 valence electrons. The predicted molar refractivity (Wildman–Crippen MR) is 285 cm³/mol. The van der Waals surface area contributed by atoms with E-state index < -0.39 is 0 Å². The van der Waals surface area contributed by atoms with Gasteiger partial charge >= 0.3 is 0 Å². The van der Waals surface area contributed by atoms with Gasteiger partial charge in [0.2, 0.25) is 0 Å². The lowest BCUT2D eigenvalue weighted by atomic mass is 9.74. The molecule has 0 radical (unpaired) electrons. The van der Waals surface area contributed by atoms with Crippen molar-refractivity contribution >= 4 is 32.9 Å². The second-order valence-electron chi connectivity index (χ2n) is 21.3. The van der Waals surface area contributed by atoms with Crippen molar-refractivity contribution in [3.8, 4) is 44.5 Å². The molecule has 15 rings (SSSR count). The molecule has 0 atom stereocenters. The summed E-state index contributed by atoms with van der Waals surface area (Å²) in [5.74, 6) is 0. The van der Waals surface area contributed by atoms with Crippen molar-refractivity contribution in [1.82, 2.24) is 0 Å². The van der Waals surface area contributed by atoms with Crippen molar-refractivity contribution in [1.29, 1.82) is 0 Å². The molecule has 2 aliphatic heterocycles. The normalized spacial score (nSPS) is 17.9. The molecule has 0 aromatic heterocycles. The second-order valence-corrected chi connectivity index (χ2v) is 21.3. The molecular formula is C66H56N2. The van der Waals surface area contributed by atoms with Crippen LogP contribution in [0.5, 0.6) is 0 Å². The molecule has 2 heterocycles. The van der Waals surface area contributed by atoms with Gasteiger partial charge in [-0.3, -0.25) is 0 Å². The summed E-state index contributed by atoms with van der Waals surface area (Å²) >= 11 is 0. The molecule has 2 heteroatoms. The lowest BCUT2D eigenvalue weighted by molar-refractivity contribution is 0.563. The van der Waals surface area contributed by atoms with E-state index in [4.69, 9.17) is 0 Å². The van der Waals surface area contributed by atoms with Crippen molar-refractivity contribution in [2.75, 3.05) is 36.0 Å². The number of piperidine rings is 2. The van der Waals surface area contributed by atoms with Crippen molar-refractivity contribution in [2.24, 2.45) is 0 Å². The summed E-state index contributed by atoms with van der Waals surface area (Å²) in [6.45, 7) is 4.49. The third kappa shape index (κ3) is 5.58. The number of fused-ring (bicyclic) bond motifs is 14. The smallest absolute Gasteiger partial charge is 0.0372 e. The number of hydrogen-bond donors (Lipinski definition) is 0. The topological polar surface area (TPSA) is 6.48 Å². The number of anilines is 2. The Bertz CT molecular complexity index is 3270. The number of hydrogen-bond acceptors (Lipinski definition) is 2. The van der Waals surface area contributed by atoms with Crippen LogP contribution in [0.3, 0.4) is 0 Å². The first-order valence-corrected chi connectivity index (χ1v) is 25.8. The summed E-state index contributed by atoms with van der Waals surface area (Å²) in [7, 11) is 0.